The Morgan fingerprint density at radius 3 is 2.74 bits per heavy atom. The van der Waals surface area contributed by atoms with Gasteiger partial charge in [-0.2, -0.15) is 0 Å². The minimum absolute atomic E-state index is 0.0332. The number of rotatable bonds is 9. The molecule has 1 fully saturated rings. The Hall–Kier alpha value is -2.18. The Bertz CT molecular complexity index is 801. The molecule has 27 heavy (non-hydrogen) atoms. The van der Waals surface area contributed by atoms with Crippen LogP contribution in [0.5, 0.6) is 0 Å². The SMILES string of the molecule is O=C(O)c1ccc(CCCC2CCC(=O)N2CCc2cccc(CO)c2)s1. The standard InChI is InChI=1S/C21H25NO4S/c23-14-16-4-1-3-15(13-16)11-12-22-17(7-10-20(22)24)5-2-6-18-8-9-19(27-18)21(25)26/h1,3-4,8-9,13,17,23H,2,5-7,10-12,14H2,(H,25,26). The van der Waals surface area contributed by atoms with E-state index in [0.717, 1.165) is 48.1 Å². The van der Waals surface area contributed by atoms with Crippen molar-refractivity contribution in [2.24, 2.45) is 0 Å². The number of hydrogen-bond donors (Lipinski definition) is 2. The Kier molecular flexibility index (Phi) is 6.63. The Balaban J connectivity index is 1.50. The number of aliphatic hydroxyl groups is 1. The van der Waals surface area contributed by atoms with Crippen LogP contribution in [0.15, 0.2) is 36.4 Å². The van der Waals surface area contributed by atoms with Gasteiger partial charge in [0.15, 0.2) is 0 Å². The third-order valence-corrected chi connectivity index (χ3v) is 6.23. The first-order valence-corrected chi connectivity index (χ1v) is 10.2. The van der Waals surface area contributed by atoms with Crippen LogP contribution in [0.1, 0.15) is 51.4 Å². The van der Waals surface area contributed by atoms with Crippen molar-refractivity contribution in [2.45, 2.75) is 51.2 Å². The summed E-state index contributed by atoms with van der Waals surface area (Å²) < 4.78 is 0. The highest BCUT2D eigenvalue weighted by Crippen LogP contribution is 2.25. The molecule has 2 heterocycles. The fourth-order valence-corrected chi connectivity index (χ4v) is 4.56. The zero-order valence-electron chi connectivity index (χ0n) is 15.3. The van der Waals surface area contributed by atoms with Gasteiger partial charge < -0.3 is 15.1 Å². The van der Waals surface area contributed by atoms with Crippen LogP contribution in [-0.2, 0) is 24.2 Å². The zero-order valence-corrected chi connectivity index (χ0v) is 16.1. The first-order valence-electron chi connectivity index (χ1n) is 9.37. The van der Waals surface area contributed by atoms with Crippen molar-refractivity contribution >= 4 is 23.2 Å². The first kappa shape index (κ1) is 19.6. The number of carboxylic acids is 1. The second kappa shape index (κ2) is 9.15. The molecule has 1 aliphatic rings. The van der Waals surface area contributed by atoms with Crippen molar-refractivity contribution in [2.75, 3.05) is 6.54 Å². The lowest BCUT2D eigenvalue weighted by atomic mass is 10.1. The van der Waals surface area contributed by atoms with Gasteiger partial charge in [-0.25, -0.2) is 4.79 Å². The van der Waals surface area contributed by atoms with Crippen LogP contribution in [0.2, 0.25) is 0 Å². The Morgan fingerprint density at radius 1 is 1.19 bits per heavy atom. The number of carboxylic acid groups (broad SMARTS) is 1. The number of thiophene rings is 1. The van der Waals surface area contributed by atoms with E-state index in [-0.39, 0.29) is 18.6 Å². The van der Waals surface area contributed by atoms with Crippen molar-refractivity contribution in [3.05, 3.63) is 57.3 Å². The number of amides is 1. The Morgan fingerprint density at radius 2 is 2.00 bits per heavy atom. The number of aromatic carboxylic acids is 1. The summed E-state index contributed by atoms with van der Waals surface area (Å²) in [5.41, 5.74) is 2.04. The van der Waals surface area contributed by atoms with Crippen LogP contribution >= 0.6 is 11.3 Å². The number of carbonyl (C=O) groups excluding carboxylic acids is 1. The molecule has 0 radical (unpaired) electrons. The van der Waals surface area contributed by atoms with Crippen molar-refractivity contribution in [3.8, 4) is 0 Å². The van der Waals surface area contributed by atoms with Gasteiger partial charge in [-0.15, -0.1) is 11.3 Å². The average molecular weight is 388 g/mol. The molecule has 1 amide bonds. The highest BCUT2D eigenvalue weighted by atomic mass is 32.1. The third-order valence-electron chi connectivity index (χ3n) is 5.10. The summed E-state index contributed by atoms with van der Waals surface area (Å²) in [4.78, 5) is 26.7. The summed E-state index contributed by atoms with van der Waals surface area (Å²) >= 11 is 1.34. The van der Waals surface area contributed by atoms with E-state index in [9.17, 15) is 14.7 Å². The van der Waals surface area contributed by atoms with E-state index in [1.165, 1.54) is 11.3 Å². The van der Waals surface area contributed by atoms with Crippen molar-refractivity contribution < 1.29 is 19.8 Å². The zero-order chi connectivity index (χ0) is 19.2. The molecule has 0 bridgehead atoms. The molecule has 2 N–H and O–H groups in total. The van der Waals surface area contributed by atoms with Crippen LogP contribution in [-0.4, -0.2) is 39.6 Å². The molecule has 0 aliphatic carbocycles. The minimum Gasteiger partial charge on any atom is -0.477 e. The van der Waals surface area contributed by atoms with Gasteiger partial charge in [-0.1, -0.05) is 24.3 Å². The number of hydrogen-bond acceptors (Lipinski definition) is 4. The molecule has 6 heteroatoms. The van der Waals surface area contributed by atoms with E-state index in [1.54, 1.807) is 6.07 Å². The van der Waals surface area contributed by atoms with Crippen LogP contribution in [0.25, 0.3) is 0 Å². The Labute approximate surface area is 163 Å². The topological polar surface area (TPSA) is 77.8 Å². The molecular formula is C21H25NO4S. The molecule has 0 saturated carbocycles. The quantitative estimate of drug-likeness (QED) is 0.690. The number of aliphatic hydroxyl groups excluding tert-OH is 1. The number of nitrogens with zero attached hydrogens (tertiary/aromatic N) is 1. The third kappa shape index (κ3) is 5.17. The summed E-state index contributed by atoms with van der Waals surface area (Å²) in [7, 11) is 0. The highest BCUT2D eigenvalue weighted by molar-refractivity contribution is 7.13. The molecular weight excluding hydrogens is 362 g/mol. The first-order chi connectivity index (χ1) is 13.1. The van der Waals surface area contributed by atoms with Gasteiger partial charge in [0.1, 0.15) is 4.88 Å². The second-order valence-electron chi connectivity index (χ2n) is 6.97. The average Bonchev–Trinajstić information content (AvgIpc) is 3.28. The largest absolute Gasteiger partial charge is 0.477 e. The van der Waals surface area contributed by atoms with Gasteiger partial charge in [0.25, 0.3) is 0 Å². The molecule has 1 atom stereocenters. The number of likely N-dealkylation sites (tertiary alicyclic amines) is 1. The van der Waals surface area contributed by atoms with E-state index in [0.29, 0.717) is 17.8 Å². The monoisotopic (exact) mass is 387 g/mol. The van der Waals surface area contributed by atoms with Gasteiger partial charge in [0, 0.05) is 23.9 Å². The number of benzene rings is 1. The van der Waals surface area contributed by atoms with Crippen LogP contribution in [0, 0.1) is 0 Å². The molecule has 1 saturated heterocycles. The summed E-state index contributed by atoms with van der Waals surface area (Å²) in [6, 6.07) is 11.7. The van der Waals surface area contributed by atoms with Crippen LogP contribution in [0.4, 0.5) is 0 Å². The second-order valence-corrected chi connectivity index (χ2v) is 8.14. The normalized spacial score (nSPS) is 16.9. The van der Waals surface area contributed by atoms with E-state index in [1.807, 2.05) is 35.2 Å². The van der Waals surface area contributed by atoms with E-state index in [4.69, 9.17) is 5.11 Å². The van der Waals surface area contributed by atoms with E-state index in [2.05, 4.69) is 0 Å². The van der Waals surface area contributed by atoms with E-state index < -0.39 is 5.97 Å². The van der Waals surface area contributed by atoms with Crippen molar-refractivity contribution in [1.82, 2.24) is 4.90 Å². The lowest BCUT2D eigenvalue weighted by molar-refractivity contribution is -0.129. The van der Waals surface area contributed by atoms with Gasteiger partial charge in [0.2, 0.25) is 5.91 Å². The van der Waals surface area contributed by atoms with Crippen LogP contribution < -0.4 is 0 Å². The molecule has 5 nitrogen and oxygen atoms in total. The van der Waals surface area contributed by atoms with Gasteiger partial charge >= 0.3 is 5.97 Å². The maximum absolute atomic E-state index is 12.3. The molecule has 1 aliphatic heterocycles. The lowest BCUT2D eigenvalue weighted by Crippen LogP contribution is -2.34. The van der Waals surface area contributed by atoms with Crippen LogP contribution in [0.3, 0.4) is 0 Å². The molecule has 1 aromatic carbocycles. The highest BCUT2D eigenvalue weighted by Gasteiger charge is 2.29. The number of aryl methyl sites for hydroxylation is 1. The van der Waals surface area contributed by atoms with Crippen molar-refractivity contribution in [3.63, 3.8) is 0 Å². The summed E-state index contributed by atoms with van der Waals surface area (Å²) in [6.07, 6.45) is 5.07. The van der Waals surface area contributed by atoms with Gasteiger partial charge in [-0.05, 0) is 55.4 Å². The minimum atomic E-state index is -0.871. The molecule has 2 aromatic rings. The number of carbonyl (C=O) groups is 2. The smallest absolute Gasteiger partial charge is 0.345 e. The predicted octanol–water partition coefficient (Wildman–Crippen LogP) is 3.50. The molecule has 3 rings (SSSR count). The molecule has 144 valence electrons. The van der Waals surface area contributed by atoms with E-state index >= 15 is 0 Å². The maximum Gasteiger partial charge on any atom is 0.345 e. The maximum atomic E-state index is 12.3. The molecule has 0 spiro atoms. The lowest BCUT2D eigenvalue weighted by Gasteiger charge is -2.25. The fourth-order valence-electron chi connectivity index (χ4n) is 3.67. The van der Waals surface area contributed by atoms with Gasteiger partial charge in [-0.3, -0.25) is 4.79 Å². The van der Waals surface area contributed by atoms with Crippen molar-refractivity contribution in [1.29, 1.82) is 0 Å². The summed E-state index contributed by atoms with van der Waals surface area (Å²) in [5.74, 6) is -0.647. The molecule has 1 unspecified atom stereocenters. The van der Waals surface area contributed by atoms with Gasteiger partial charge in [0.05, 0.1) is 6.61 Å². The fraction of sp³-hybridized carbons (Fsp3) is 0.429. The predicted molar refractivity (Wildman–Crippen MR) is 105 cm³/mol. The molecule has 1 aromatic heterocycles. The summed E-state index contributed by atoms with van der Waals surface area (Å²) in [6.45, 7) is 0.742. The summed E-state index contributed by atoms with van der Waals surface area (Å²) in [5, 5.41) is 18.3.